The number of nitrogens with one attached hydrogen (secondary N) is 1. The molecule has 1 aromatic rings. The van der Waals surface area contributed by atoms with E-state index in [1.165, 1.54) is 18.2 Å². The Kier molecular flexibility index (Phi) is 3.49. The topological polar surface area (TPSA) is 58.6 Å². The normalized spacial score (nSPS) is 22.3. The van der Waals surface area contributed by atoms with Gasteiger partial charge in [0.1, 0.15) is 6.10 Å². The number of carboxylic acid groups (broad SMARTS) is 1. The summed E-state index contributed by atoms with van der Waals surface area (Å²) in [6.07, 6.45) is -8.08. The maximum Gasteiger partial charge on any atom is 0.506 e. The van der Waals surface area contributed by atoms with E-state index in [2.05, 4.69) is 10.1 Å². The van der Waals surface area contributed by atoms with Crippen LogP contribution in [0, 0.1) is 0 Å². The highest BCUT2D eigenvalue weighted by atomic mass is 35.5. The largest absolute Gasteiger partial charge is 0.506 e. The summed E-state index contributed by atoms with van der Waals surface area (Å²) in [5.41, 5.74) is 0.760. The molecule has 0 radical (unpaired) electrons. The van der Waals surface area contributed by atoms with Gasteiger partial charge in [-0.15, -0.1) is 0 Å². The predicted molar refractivity (Wildman–Crippen MR) is 61.5 cm³/mol. The van der Waals surface area contributed by atoms with Gasteiger partial charge in [0.05, 0.1) is 0 Å². The molecular formula is C11H9ClF3NO3. The van der Waals surface area contributed by atoms with E-state index in [1.54, 1.807) is 0 Å². The molecular weight excluding hydrogens is 287 g/mol. The van der Waals surface area contributed by atoms with Crippen LogP contribution in [0.2, 0.25) is 5.02 Å². The molecule has 2 rings (SSSR count). The number of hydrogen-bond donors (Lipinski definition) is 2. The summed E-state index contributed by atoms with van der Waals surface area (Å²) in [6, 6.07) is 2.29. The summed E-state index contributed by atoms with van der Waals surface area (Å²) in [6.45, 7) is 0. The first-order valence-corrected chi connectivity index (χ1v) is 5.66. The molecule has 0 spiro atoms. The summed E-state index contributed by atoms with van der Waals surface area (Å²) in [7, 11) is 0. The maximum absolute atomic E-state index is 12.9. The Morgan fingerprint density at radius 2 is 2.16 bits per heavy atom. The molecule has 2 N–H and O–H groups in total. The molecule has 1 heterocycles. The van der Waals surface area contributed by atoms with Crippen molar-refractivity contribution in [2.75, 3.05) is 5.32 Å². The Bertz CT molecular complexity index is 506. The minimum Gasteiger partial charge on any atom is -0.450 e. The lowest BCUT2D eigenvalue weighted by atomic mass is 9.95. The van der Waals surface area contributed by atoms with Crippen molar-refractivity contribution in [2.24, 2.45) is 0 Å². The zero-order valence-electron chi connectivity index (χ0n) is 9.37. The highest BCUT2D eigenvalue weighted by Crippen LogP contribution is 2.35. The van der Waals surface area contributed by atoms with Crippen LogP contribution in [0.4, 0.5) is 23.7 Å². The number of rotatable bonds is 1. The zero-order valence-corrected chi connectivity index (χ0v) is 10.1. The third-order valence-electron chi connectivity index (χ3n) is 2.78. The van der Waals surface area contributed by atoms with E-state index >= 15 is 0 Å². The Morgan fingerprint density at radius 1 is 1.47 bits per heavy atom. The number of carbonyl (C=O) groups is 1. The van der Waals surface area contributed by atoms with E-state index in [9.17, 15) is 18.0 Å². The van der Waals surface area contributed by atoms with Gasteiger partial charge in [-0.2, -0.15) is 13.2 Å². The second-order valence-electron chi connectivity index (χ2n) is 4.09. The first kappa shape index (κ1) is 13.8. The first-order chi connectivity index (χ1) is 8.77. The van der Waals surface area contributed by atoms with E-state index in [1.807, 2.05) is 0 Å². The van der Waals surface area contributed by atoms with Gasteiger partial charge in [-0.3, -0.25) is 0 Å². The van der Waals surface area contributed by atoms with Crippen molar-refractivity contribution in [3.8, 4) is 0 Å². The third-order valence-corrected chi connectivity index (χ3v) is 3.01. The minimum atomic E-state index is -4.61. The Balaban J connectivity index is 2.34. The molecule has 1 aromatic carbocycles. The molecule has 0 fully saturated rings. The summed E-state index contributed by atoms with van der Waals surface area (Å²) < 4.78 is 42.9. The molecule has 0 unspecified atom stereocenters. The Labute approximate surface area is 111 Å². The van der Waals surface area contributed by atoms with Crippen LogP contribution in [-0.2, 0) is 11.2 Å². The summed E-state index contributed by atoms with van der Waals surface area (Å²) >= 11 is 5.75. The molecule has 104 valence electrons. The number of hydrogen-bond acceptors (Lipinski definition) is 3. The molecule has 1 aliphatic heterocycles. The van der Waals surface area contributed by atoms with Crippen LogP contribution in [0.1, 0.15) is 5.56 Å². The van der Waals surface area contributed by atoms with Gasteiger partial charge in [-0.25, -0.2) is 4.79 Å². The molecule has 0 saturated carbocycles. The molecule has 0 aromatic heterocycles. The molecule has 0 amide bonds. The summed E-state index contributed by atoms with van der Waals surface area (Å²) in [5.74, 6) is 0. The van der Waals surface area contributed by atoms with Crippen LogP contribution in [-0.4, -0.2) is 29.6 Å². The highest BCUT2D eigenvalue weighted by Gasteiger charge is 2.49. The van der Waals surface area contributed by atoms with Crippen LogP contribution in [0.3, 0.4) is 0 Å². The van der Waals surface area contributed by atoms with E-state index in [0.717, 1.165) is 0 Å². The summed E-state index contributed by atoms with van der Waals surface area (Å²) in [5, 5.41) is 11.1. The predicted octanol–water partition coefficient (Wildman–Crippen LogP) is 3.30. The van der Waals surface area contributed by atoms with E-state index in [0.29, 0.717) is 10.6 Å². The van der Waals surface area contributed by atoms with Gasteiger partial charge in [-0.1, -0.05) is 11.6 Å². The molecule has 8 heteroatoms. The minimum absolute atomic E-state index is 0.181. The van der Waals surface area contributed by atoms with Gasteiger partial charge in [-0.05, 0) is 23.8 Å². The number of halogens is 4. The second kappa shape index (κ2) is 4.80. The molecule has 1 aliphatic rings. The molecule has 0 bridgehead atoms. The van der Waals surface area contributed by atoms with Gasteiger partial charge in [0, 0.05) is 17.1 Å². The molecule has 2 atom stereocenters. The quantitative estimate of drug-likeness (QED) is 0.781. The summed E-state index contributed by atoms with van der Waals surface area (Å²) in [4.78, 5) is 10.5. The number of ether oxygens (including phenoxy) is 1. The van der Waals surface area contributed by atoms with E-state index in [4.69, 9.17) is 16.7 Å². The van der Waals surface area contributed by atoms with Crippen molar-refractivity contribution >= 4 is 23.4 Å². The van der Waals surface area contributed by atoms with Crippen molar-refractivity contribution in [3.63, 3.8) is 0 Å². The fraction of sp³-hybridized carbons (Fsp3) is 0.364. The zero-order chi connectivity index (χ0) is 14.2. The van der Waals surface area contributed by atoms with Crippen molar-refractivity contribution in [1.82, 2.24) is 0 Å². The lowest BCUT2D eigenvalue weighted by Gasteiger charge is -2.34. The fourth-order valence-electron chi connectivity index (χ4n) is 2.00. The molecule has 19 heavy (non-hydrogen) atoms. The number of benzene rings is 1. The SMILES string of the molecule is O=C(O)O[C@@H]1Cc2cc(Cl)ccc2N[C@@H]1C(F)(F)F. The fourth-order valence-corrected chi connectivity index (χ4v) is 2.19. The van der Waals surface area contributed by atoms with Gasteiger partial charge < -0.3 is 15.2 Å². The standard InChI is InChI=1S/C11H9ClF3NO3/c12-6-1-2-7-5(3-6)4-8(19-10(17)18)9(16-7)11(13,14)15/h1-3,8-9,16H,4H2,(H,17,18)/t8-,9+/m1/s1. The number of anilines is 1. The van der Waals surface area contributed by atoms with Crippen molar-refractivity contribution in [3.05, 3.63) is 28.8 Å². The Hall–Kier alpha value is -1.63. The smallest absolute Gasteiger partial charge is 0.450 e. The average Bonchev–Trinajstić information content (AvgIpc) is 2.25. The lowest BCUT2D eigenvalue weighted by molar-refractivity contribution is -0.165. The third kappa shape index (κ3) is 3.04. The van der Waals surface area contributed by atoms with Gasteiger partial charge >= 0.3 is 12.3 Å². The second-order valence-corrected chi connectivity index (χ2v) is 4.53. The number of alkyl halides is 3. The van der Waals surface area contributed by atoms with Crippen LogP contribution in [0.15, 0.2) is 18.2 Å². The van der Waals surface area contributed by atoms with Gasteiger partial charge in [0.2, 0.25) is 0 Å². The Morgan fingerprint density at radius 3 is 2.74 bits per heavy atom. The van der Waals surface area contributed by atoms with Crippen LogP contribution in [0.25, 0.3) is 0 Å². The van der Waals surface area contributed by atoms with E-state index in [-0.39, 0.29) is 12.1 Å². The first-order valence-electron chi connectivity index (χ1n) is 5.28. The van der Waals surface area contributed by atoms with E-state index < -0.39 is 24.5 Å². The van der Waals surface area contributed by atoms with Crippen molar-refractivity contribution < 1.29 is 27.8 Å². The lowest BCUT2D eigenvalue weighted by Crippen LogP contribution is -2.51. The molecule has 4 nitrogen and oxygen atoms in total. The van der Waals surface area contributed by atoms with Crippen LogP contribution >= 0.6 is 11.6 Å². The highest BCUT2D eigenvalue weighted by molar-refractivity contribution is 6.30. The van der Waals surface area contributed by atoms with Crippen LogP contribution < -0.4 is 5.32 Å². The average molecular weight is 296 g/mol. The molecule has 0 saturated heterocycles. The van der Waals surface area contributed by atoms with Crippen molar-refractivity contribution in [2.45, 2.75) is 24.7 Å². The monoisotopic (exact) mass is 295 g/mol. The van der Waals surface area contributed by atoms with Crippen LogP contribution in [0.5, 0.6) is 0 Å². The van der Waals surface area contributed by atoms with Crippen molar-refractivity contribution in [1.29, 1.82) is 0 Å². The number of fused-ring (bicyclic) bond motifs is 1. The van der Waals surface area contributed by atoms with Gasteiger partial charge in [0.25, 0.3) is 0 Å². The maximum atomic E-state index is 12.9. The molecule has 0 aliphatic carbocycles. The van der Waals surface area contributed by atoms with Gasteiger partial charge in [0.15, 0.2) is 6.04 Å².